The summed E-state index contributed by atoms with van der Waals surface area (Å²) < 4.78 is 49.1. The molecule has 1 aliphatic heterocycles. The molecule has 0 saturated heterocycles. The summed E-state index contributed by atoms with van der Waals surface area (Å²) in [4.78, 5) is 1.85. The van der Waals surface area contributed by atoms with Crippen molar-refractivity contribution in [2.45, 2.75) is 12.6 Å². The molecule has 2 heterocycles. The van der Waals surface area contributed by atoms with Gasteiger partial charge >= 0.3 is 5.89 Å². The number of fused-ring (bicyclic) bond motifs is 2. The molecular weight excluding hydrogens is 500 g/mol. The van der Waals surface area contributed by atoms with Crippen molar-refractivity contribution in [1.82, 2.24) is 0 Å². The van der Waals surface area contributed by atoms with Gasteiger partial charge in [-0.25, -0.2) is 8.42 Å². The van der Waals surface area contributed by atoms with E-state index in [0.717, 1.165) is 39.0 Å². The van der Waals surface area contributed by atoms with Gasteiger partial charge in [0.2, 0.25) is 5.58 Å². The second kappa shape index (κ2) is 9.63. The molecule has 8 heteroatoms. The van der Waals surface area contributed by atoms with E-state index in [1.54, 1.807) is 0 Å². The van der Waals surface area contributed by atoms with Crippen LogP contribution in [0.15, 0.2) is 101 Å². The number of aromatic nitrogens is 1. The lowest BCUT2D eigenvalue weighted by Crippen LogP contribution is -2.42. The molecule has 5 aromatic rings. The Morgan fingerprint density at radius 1 is 0.842 bits per heavy atom. The van der Waals surface area contributed by atoms with Crippen LogP contribution >= 0.6 is 0 Å². The van der Waals surface area contributed by atoms with E-state index in [9.17, 15) is 13.0 Å². The number of benzene rings is 4. The fourth-order valence-electron chi connectivity index (χ4n) is 4.98. The first-order valence-corrected chi connectivity index (χ1v) is 14.0. The molecule has 1 aliphatic rings. The van der Waals surface area contributed by atoms with E-state index >= 15 is 0 Å². The first-order chi connectivity index (χ1) is 18.4. The molecule has 1 unspecified atom stereocenters. The molecule has 0 bridgehead atoms. The average Bonchev–Trinajstić information content (AvgIpc) is 3.43. The van der Waals surface area contributed by atoms with Gasteiger partial charge in [-0.2, -0.15) is 4.57 Å². The van der Waals surface area contributed by atoms with Crippen LogP contribution in [0.5, 0.6) is 5.75 Å². The van der Waals surface area contributed by atoms with Crippen LogP contribution in [0.2, 0.25) is 0 Å². The fourth-order valence-corrected chi connectivity index (χ4v) is 5.40. The summed E-state index contributed by atoms with van der Waals surface area (Å²) in [5, 5.41) is 0. The number of ether oxygens (including phenoxy) is 1. The Hall–Kier alpha value is -4.14. The molecule has 4 aromatic carbocycles. The minimum atomic E-state index is -4.41. The van der Waals surface area contributed by atoms with Crippen molar-refractivity contribution in [2.24, 2.45) is 7.05 Å². The predicted octanol–water partition coefficient (Wildman–Crippen LogP) is 4.90. The van der Waals surface area contributed by atoms with Gasteiger partial charge in [-0.1, -0.05) is 72.8 Å². The van der Waals surface area contributed by atoms with Crippen molar-refractivity contribution in [2.75, 3.05) is 17.2 Å². The molecule has 38 heavy (non-hydrogen) atoms. The van der Waals surface area contributed by atoms with Crippen LogP contribution in [0.25, 0.3) is 33.4 Å². The number of rotatable bonds is 7. The molecule has 1 atom stereocenters. The molecule has 0 spiro atoms. The average molecular weight is 527 g/mol. The molecule has 0 amide bonds. The lowest BCUT2D eigenvalue weighted by molar-refractivity contribution is -0.659. The maximum Gasteiger partial charge on any atom is 0.353 e. The topological polar surface area (TPSA) is 86.7 Å². The van der Waals surface area contributed by atoms with E-state index in [2.05, 4.69) is 18.2 Å². The highest BCUT2D eigenvalue weighted by Gasteiger charge is 2.35. The number of hydrogen-bond donors (Lipinski definition) is 0. The van der Waals surface area contributed by atoms with Crippen molar-refractivity contribution in [1.29, 1.82) is 0 Å². The quantitative estimate of drug-likeness (QED) is 0.221. The third-order valence-electron chi connectivity index (χ3n) is 6.95. The second-order valence-corrected chi connectivity index (χ2v) is 10.9. The Labute approximate surface area is 221 Å². The van der Waals surface area contributed by atoms with Gasteiger partial charge in [0.25, 0.3) is 5.52 Å². The highest BCUT2D eigenvalue weighted by atomic mass is 32.2. The van der Waals surface area contributed by atoms with Crippen LogP contribution in [-0.4, -0.2) is 31.5 Å². The number of oxazole rings is 1. The number of anilines is 1. The summed E-state index contributed by atoms with van der Waals surface area (Å²) in [6, 6.07) is 32.0. The Morgan fingerprint density at radius 3 is 2.13 bits per heavy atom. The Bertz CT molecular complexity index is 1720. The first kappa shape index (κ1) is 24.2. The molecule has 7 nitrogen and oxygen atoms in total. The van der Waals surface area contributed by atoms with Crippen molar-refractivity contribution in [3.05, 3.63) is 103 Å². The van der Waals surface area contributed by atoms with Crippen molar-refractivity contribution >= 4 is 26.9 Å². The molecule has 0 aliphatic carbocycles. The third kappa shape index (κ3) is 4.76. The highest BCUT2D eigenvalue weighted by Crippen LogP contribution is 2.41. The van der Waals surface area contributed by atoms with Gasteiger partial charge in [0.05, 0.1) is 21.6 Å². The van der Waals surface area contributed by atoms with Gasteiger partial charge in [0, 0.05) is 12.6 Å². The SMILES string of the molecule is C[n+]1c(CC2Oc3ccc(-c4ccccc4)cc3N2CCS(=O)(=O)[O-])oc2ccc(-c3ccccc3)cc21. The maximum atomic E-state index is 11.5. The van der Waals surface area contributed by atoms with E-state index in [4.69, 9.17) is 9.15 Å². The highest BCUT2D eigenvalue weighted by molar-refractivity contribution is 7.85. The van der Waals surface area contributed by atoms with E-state index < -0.39 is 22.1 Å². The zero-order valence-electron chi connectivity index (χ0n) is 20.8. The minimum Gasteiger partial charge on any atom is -0.748 e. The molecular formula is C30H26N2O5S. The largest absolute Gasteiger partial charge is 0.748 e. The monoisotopic (exact) mass is 526 g/mol. The van der Waals surface area contributed by atoms with E-state index in [1.165, 1.54) is 0 Å². The summed E-state index contributed by atoms with van der Waals surface area (Å²) in [5.74, 6) is 0.804. The van der Waals surface area contributed by atoms with Crippen molar-refractivity contribution in [3.63, 3.8) is 0 Å². The molecule has 0 N–H and O–H groups in total. The smallest absolute Gasteiger partial charge is 0.353 e. The van der Waals surface area contributed by atoms with Gasteiger partial charge in [0.15, 0.2) is 6.23 Å². The number of nitrogens with zero attached hydrogens (tertiary/aromatic N) is 2. The van der Waals surface area contributed by atoms with Crippen LogP contribution in [0.1, 0.15) is 5.89 Å². The van der Waals surface area contributed by atoms with Crippen LogP contribution in [0, 0.1) is 0 Å². The van der Waals surface area contributed by atoms with Crippen molar-refractivity contribution < 1.29 is 26.7 Å². The molecule has 1 aromatic heterocycles. The fraction of sp³-hybridized carbons (Fsp3) is 0.167. The molecule has 0 fully saturated rings. The summed E-state index contributed by atoms with van der Waals surface area (Å²) in [5.41, 5.74) is 6.66. The Balaban J connectivity index is 1.33. The predicted molar refractivity (Wildman–Crippen MR) is 145 cm³/mol. The van der Waals surface area contributed by atoms with Crippen molar-refractivity contribution in [3.8, 4) is 28.0 Å². The van der Waals surface area contributed by atoms with Gasteiger partial charge in [-0.15, -0.1) is 0 Å². The number of aryl methyl sites for hydroxylation is 1. The third-order valence-corrected chi connectivity index (χ3v) is 7.63. The normalized spacial score (nSPS) is 15.0. The lowest BCUT2D eigenvalue weighted by Gasteiger charge is -2.24. The zero-order valence-corrected chi connectivity index (χ0v) is 21.6. The standard InChI is InChI=1S/C30H26N2O5S/c1-31-25-18-23(21-8-4-2-5-9-21)12-14-27(25)36-29(31)20-30-32(16-17-38(33,34)35)26-19-24(13-15-28(26)37-30)22-10-6-3-7-11-22/h2-15,18-19,30H,16-17,20H2,1H3. The van der Waals surface area contributed by atoms with E-state index in [-0.39, 0.29) is 6.54 Å². The molecule has 0 radical (unpaired) electrons. The molecule has 192 valence electrons. The van der Waals surface area contributed by atoms with Crippen LogP contribution in [-0.2, 0) is 23.6 Å². The summed E-state index contributed by atoms with van der Waals surface area (Å²) in [7, 11) is -2.47. The minimum absolute atomic E-state index is 0.0177. The molecule has 0 saturated carbocycles. The van der Waals surface area contributed by atoms with Crippen LogP contribution in [0.3, 0.4) is 0 Å². The van der Waals surface area contributed by atoms with Crippen LogP contribution < -0.4 is 14.2 Å². The van der Waals surface area contributed by atoms with Gasteiger partial charge in [0.1, 0.15) is 19.2 Å². The van der Waals surface area contributed by atoms with Gasteiger partial charge in [-0.3, -0.25) is 0 Å². The van der Waals surface area contributed by atoms with Gasteiger partial charge < -0.3 is 18.6 Å². The van der Waals surface area contributed by atoms with E-state index in [1.807, 2.05) is 95.4 Å². The van der Waals surface area contributed by atoms with Gasteiger partial charge in [-0.05, 0) is 40.5 Å². The summed E-state index contributed by atoms with van der Waals surface area (Å²) >= 11 is 0. The number of hydrogen-bond acceptors (Lipinski definition) is 6. The Morgan fingerprint density at radius 2 is 1.47 bits per heavy atom. The Kier molecular flexibility index (Phi) is 6.13. The maximum absolute atomic E-state index is 11.5. The van der Waals surface area contributed by atoms with Crippen LogP contribution in [0.4, 0.5) is 5.69 Å². The molecule has 6 rings (SSSR count). The second-order valence-electron chi connectivity index (χ2n) is 9.38. The summed E-state index contributed by atoms with van der Waals surface area (Å²) in [6.45, 7) is 0.0177. The summed E-state index contributed by atoms with van der Waals surface area (Å²) in [6.07, 6.45) is -0.168. The zero-order chi connectivity index (χ0) is 26.3. The first-order valence-electron chi connectivity index (χ1n) is 12.4. The lowest BCUT2D eigenvalue weighted by atomic mass is 10.0. The van der Waals surface area contributed by atoms with E-state index in [0.29, 0.717) is 18.1 Å².